The van der Waals surface area contributed by atoms with Gasteiger partial charge in [0, 0.05) is 10.3 Å². The number of aliphatic hydroxyl groups is 1. The number of anilines is 2. The normalized spacial score (nSPS) is 13.8. The molecule has 3 aromatic rings. The van der Waals surface area contributed by atoms with E-state index in [1.165, 1.54) is 23.1 Å². The van der Waals surface area contributed by atoms with E-state index in [2.05, 4.69) is 34.2 Å². The Morgan fingerprint density at radius 2 is 1.83 bits per heavy atom. The number of rotatable bonds is 14. The van der Waals surface area contributed by atoms with Crippen LogP contribution in [0.3, 0.4) is 0 Å². The summed E-state index contributed by atoms with van der Waals surface area (Å²) in [4.78, 5) is 14.0. The molecule has 0 aliphatic heterocycles. The molecule has 36 heavy (non-hydrogen) atoms. The predicted octanol–water partition coefficient (Wildman–Crippen LogP) is 7.00. The van der Waals surface area contributed by atoms with E-state index in [1.54, 1.807) is 13.8 Å². The van der Waals surface area contributed by atoms with Gasteiger partial charge >= 0.3 is 7.75 Å². The van der Waals surface area contributed by atoms with Crippen molar-refractivity contribution in [1.82, 2.24) is 15.0 Å². The smallest absolute Gasteiger partial charge is 0.394 e. The summed E-state index contributed by atoms with van der Waals surface area (Å²) in [6.45, 7) is 10.1. The van der Waals surface area contributed by atoms with Crippen LogP contribution in [0, 0.1) is 5.92 Å². The first kappa shape index (κ1) is 29.1. The van der Waals surface area contributed by atoms with E-state index in [1.807, 2.05) is 31.2 Å². The monoisotopic (exact) mass is 573 g/mol. The second-order valence-corrected chi connectivity index (χ2v) is 12.9. The zero-order valence-electron chi connectivity index (χ0n) is 21.0. The average Bonchev–Trinajstić information content (AvgIpc) is 3.20. The van der Waals surface area contributed by atoms with E-state index in [9.17, 15) is 9.67 Å². The fraction of sp³-hybridized carbons (Fsp3) is 0.522. The molecule has 13 heteroatoms. The Labute approximate surface area is 225 Å². The third-order valence-corrected chi connectivity index (χ3v) is 9.15. The highest BCUT2D eigenvalue weighted by atomic mass is 35.5. The Bertz CT molecular complexity index is 1190. The van der Waals surface area contributed by atoms with Gasteiger partial charge in [-0.3, -0.25) is 14.1 Å². The summed E-state index contributed by atoms with van der Waals surface area (Å²) in [5.74, 6) is 0.935. The molecular formula is C23H33ClN5O4PS2. The van der Waals surface area contributed by atoms with Crippen molar-refractivity contribution in [3.63, 3.8) is 0 Å². The van der Waals surface area contributed by atoms with Crippen LogP contribution in [0.25, 0.3) is 10.3 Å². The zero-order valence-corrected chi connectivity index (χ0v) is 24.3. The first-order valence-electron chi connectivity index (χ1n) is 11.8. The van der Waals surface area contributed by atoms with Crippen LogP contribution in [0.4, 0.5) is 10.9 Å². The van der Waals surface area contributed by atoms with Gasteiger partial charge in [-0.1, -0.05) is 66.7 Å². The van der Waals surface area contributed by atoms with Crippen molar-refractivity contribution in [3.8, 4) is 0 Å². The highest BCUT2D eigenvalue weighted by Crippen LogP contribution is 2.49. The lowest BCUT2D eigenvalue weighted by atomic mass is 10.0. The van der Waals surface area contributed by atoms with Gasteiger partial charge in [0.25, 0.3) is 0 Å². The van der Waals surface area contributed by atoms with Crippen LogP contribution >= 0.6 is 42.4 Å². The maximum absolute atomic E-state index is 13.0. The summed E-state index contributed by atoms with van der Waals surface area (Å²) in [7, 11) is -3.57. The van der Waals surface area contributed by atoms with E-state index in [0.717, 1.165) is 12.0 Å². The minimum atomic E-state index is -3.57. The topological polar surface area (TPSA) is 118 Å². The minimum Gasteiger partial charge on any atom is -0.394 e. The minimum absolute atomic E-state index is 0.0133. The Morgan fingerprint density at radius 3 is 2.44 bits per heavy atom. The van der Waals surface area contributed by atoms with E-state index in [-0.39, 0.29) is 31.1 Å². The van der Waals surface area contributed by atoms with Crippen LogP contribution < -0.4 is 10.4 Å². The van der Waals surface area contributed by atoms with Gasteiger partial charge in [0.1, 0.15) is 4.70 Å². The molecule has 1 unspecified atom stereocenters. The summed E-state index contributed by atoms with van der Waals surface area (Å²) in [6, 6.07) is 7.48. The molecule has 0 fully saturated rings. The Hall–Kier alpha value is -1.46. The summed E-state index contributed by atoms with van der Waals surface area (Å²) < 4.78 is 24.4. The maximum Gasteiger partial charge on any atom is 0.434 e. The third kappa shape index (κ3) is 7.77. The van der Waals surface area contributed by atoms with E-state index >= 15 is 0 Å². The second-order valence-electron chi connectivity index (χ2n) is 8.41. The number of halogens is 1. The van der Waals surface area contributed by atoms with Crippen molar-refractivity contribution in [1.29, 1.82) is 0 Å². The van der Waals surface area contributed by atoms with E-state index < -0.39 is 7.75 Å². The van der Waals surface area contributed by atoms with Crippen LogP contribution in [0.2, 0.25) is 5.02 Å². The van der Waals surface area contributed by atoms with Crippen LogP contribution in [0.15, 0.2) is 29.4 Å². The highest BCUT2D eigenvalue weighted by Gasteiger charge is 2.27. The standard InChI is InChI=1S/C23H33ClN5O4PS2/c1-6-32-34(31,33-7-2)29-23-28-21-19(36-23)20(25-16(13-30)12-14(3)4)26-22(27-21)35-15(5)17-10-8-9-11-18(17)24/h8-11,14-16,30H,6-7,12-13H2,1-5H3,(H2,25,26,27,28,29,31)/t15?,16-/m1/s1. The molecule has 0 spiro atoms. The number of nitrogens with zero attached hydrogens (tertiary/aromatic N) is 3. The maximum atomic E-state index is 13.0. The van der Waals surface area contributed by atoms with Gasteiger partial charge < -0.3 is 10.4 Å². The number of thioether (sulfide) groups is 1. The number of aliphatic hydroxyl groups excluding tert-OH is 1. The molecule has 0 saturated carbocycles. The Kier molecular flexibility index (Phi) is 10.8. The molecule has 0 amide bonds. The Morgan fingerprint density at radius 1 is 1.14 bits per heavy atom. The first-order valence-corrected chi connectivity index (χ1v) is 15.4. The van der Waals surface area contributed by atoms with Crippen molar-refractivity contribution in [3.05, 3.63) is 34.9 Å². The molecule has 0 aliphatic rings. The molecule has 1 aromatic carbocycles. The van der Waals surface area contributed by atoms with Gasteiger partial charge in [0.2, 0.25) is 0 Å². The summed E-state index contributed by atoms with van der Waals surface area (Å²) in [6.07, 6.45) is 0.758. The van der Waals surface area contributed by atoms with Crippen LogP contribution in [0.5, 0.6) is 0 Å². The number of thiazole rings is 1. The lowest BCUT2D eigenvalue weighted by Gasteiger charge is -2.19. The fourth-order valence-corrected chi connectivity index (χ4v) is 7.22. The highest BCUT2D eigenvalue weighted by molar-refractivity contribution is 7.99. The van der Waals surface area contributed by atoms with Crippen molar-refractivity contribution < 1.29 is 18.7 Å². The van der Waals surface area contributed by atoms with Gasteiger partial charge in [-0.05, 0) is 44.7 Å². The SMILES string of the molecule is CCOP(=O)(Nc1nc2nc(SC(C)c3ccccc3Cl)nc(N[C@@H](CO)CC(C)C)c2s1)OCC. The molecule has 198 valence electrons. The molecule has 2 atom stereocenters. The van der Waals surface area contributed by atoms with Crippen LogP contribution in [0.1, 0.15) is 51.9 Å². The van der Waals surface area contributed by atoms with E-state index in [4.69, 9.17) is 25.6 Å². The number of hydrogen-bond acceptors (Lipinski definition) is 10. The largest absolute Gasteiger partial charge is 0.434 e. The van der Waals surface area contributed by atoms with Crippen molar-refractivity contribution in [2.24, 2.45) is 5.92 Å². The predicted molar refractivity (Wildman–Crippen MR) is 149 cm³/mol. The number of nitrogens with one attached hydrogen (secondary N) is 2. The van der Waals surface area contributed by atoms with Gasteiger partial charge in [0.05, 0.1) is 25.9 Å². The number of fused-ring (bicyclic) bond motifs is 1. The van der Waals surface area contributed by atoms with Crippen LogP contribution in [-0.2, 0) is 13.6 Å². The molecule has 3 rings (SSSR count). The average molecular weight is 574 g/mol. The lowest BCUT2D eigenvalue weighted by molar-refractivity contribution is 0.225. The van der Waals surface area contributed by atoms with Gasteiger partial charge in [-0.15, -0.1) is 0 Å². The molecule has 0 bridgehead atoms. The summed E-state index contributed by atoms with van der Waals surface area (Å²) >= 11 is 9.10. The second kappa shape index (κ2) is 13.4. The molecule has 0 radical (unpaired) electrons. The third-order valence-electron chi connectivity index (χ3n) is 5.01. The lowest BCUT2D eigenvalue weighted by Crippen LogP contribution is -2.26. The fourth-order valence-electron chi connectivity index (χ4n) is 3.53. The van der Waals surface area contributed by atoms with Crippen molar-refractivity contribution >= 4 is 63.7 Å². The van der Waals surface area contributed by atoms with Gasteiger partial charge in [-0.25, -0.2) is 14.5 Å². The number of hydrogen-bond donors (Lipinski definition) is 3. The quantitative estimate of drug-likeness (QED) is 0.106. The van der Waals surface area contributed by atoms with E-state index in [0.29, 0.717) is 37.4 Å². The van der Waals surface area contributed by atoms with Crippen molar-refractivity contribution in [2.75, 3.05) is 30.2 Å². The zero-order chi connectivity index (χ0) is 26.3. The van der Waals surface area contributed by atoms with Crippen molar-refractivity contribution in [2.45, 2.75) is 57.5 Å². The van der Waals surface area contributed by atoms with Crippen LogP contribution in [-0.4, -0.2) is 45.9 Å². The molecule has 2 aromatic heterocycles. The number of aromatic nitrogens is 3. The Balaban J connectivity index is 2.00. The molecule has 3 N–H and O–H groups in total. The molecule has 2 heterocycles. The van der Waals surface area contributed by atoms with Gasteiger partial charge in [0.15, 0.2) is 21.8 Å². The molecular weight excluding hydrogens is 541 g/mol. The first-order chi connectivity index (χ1) is 17.2. The number of benzene rings is 1. The molecule has 0 aliphatic carbocycles. The molecule has 0 saturated heterocycles. The van der Waals surface area contributed by atoms with Gasteiger partial charge in [-0.2, -0.15) is 4.98 Å². The molecule has 9 nitrogen and oxygen atoms in total. The summed E-state index contributed by atoms with van der Waals surface area (Å²) in [5.41, 5.74) is 1.42. The summed E-state index contributed by atoms with van der Waals surface area (Å²) in [5, 5.41) is 17.7.